The van der Waals surface area contributed by atoms with E-state index >= 15 is 0 Å². The highest BCUT2D eigenvalue weighted by Crippen LogP contribution is 2.22. The van der Waals surface area contributed by atoms with E-state index in [9.17, 15) is 4.39 Å². The van der Waals surface area contributed by atoms with Crippen LogP contribution in [0.1, 0.15) is 11.1 Å². The first kappa shape index (κ1) is 9.91. The van der Waals surface area contributed by atoms with E-state index in [1.165, 1.54) is 11.6 Å². The van der Waals surface area contributed by atoms with Crippen LogP contribution in [-0.2, 0) is 0 Å². The topological polar surface area (TPSA) is 0 Å². The smallest absolute Gasteiger partial charge is 0.124 e. The Morgan fingerprint density at radius 1 is 0.733 bits per heavy atom. The van der Waals surface area contributed by atoms with Gasteiger partial charge in [0.1, 0.15) is 5.82 Å². The molecule has 0 aliphatic rings. The maximum atomic E-state index is 13.2. The van der Waals surface area contributed by atoms with Crippen LogP contribution in [0.15, 0.2) is 42.5 Å². The van der Waals surface area contributed by atoms with Crippen molar-refractivity contribution in [3.8, 4) is 11.1 Å². The molecule has 2 aromatic carbocycles. The molecule has 0 nitrogen and oxygen atoms in total. The Kier molecular flexibility index (Phi) is 2.55. The number of halogens is 1. The van der Waals surface area contributed by atoms with Gasteiger partial charge >= 0.3 is 0 Å². The molecular formula is C14H13F. The summed E-state index contributed by atoms with van der Waals surface area (Å²) in [5.41, 5.74) is 4.16. The van der Waals surface area contributed by atoms with Gasteiger partial charge in [-0.3, -0.25) is 0 Å². The Morgan fingerprint density at radius 3 is 2.00 bits per heavy atom. The van der Waals surface area contributed by atoms with Crippen molar-refractivity contribution in [2.45, 2.75) is 13.8 Å². The molecule has 2 aromatic rings. The standard InChI is InChI=1S/C14H13F/c1-10-3-5-12(6-4-10)13-7-11(2)8-14(15)9-13/h3-9H,1-2H3. The third-order valence-corrected chi connectivity index (χ3v) is 2.43. The van der Waals surface area contributed by atoms with E-state index in [0.29, 0.717) is 0 Å². The fourth-order valence-electron chi connectivity index (χ4n) is 1.65. The summed E-state index contributed by atoms with van der Waals surface area (Å²) in [7, 11) is 0. The van der Waals surface area contributed by atoms with Gasteiger partial charge in [0.2, 0.25) is 0 Å². The minimum absolute atomic E-state index is 0.175. The van der Waals surface area contributed by atoms with Crippen LogP contribution in [0.4, 0.5) is 4.39 Å². The first-order valence-electron chi connectivity index (χ1n) is 4.99. The molecule has 0 radical (unpaired) electrons. The van der Waals surface area contributed by atoms with Crippen molar-refractivity contribution in [3.05, 3.63) is 59.4 Å². The molecule has 0 atom stereocenters. The first-order valence-corrected chi connectivity index (χ1v) is 4.99. The van der Waals surface area contributed by atoms with E-state index in [2.05, 4.69) is 0 Å². The Balaban J connectivity index is 2.49. The second-order valence-corrected chi connectivity index (χ2v) is 3.88. The van der Waals surface area contributed by atoms with Crippen LogP contribution in [0.2, 0.25) is 0 Å². The maximum Gasteiger partial charge on any atom is 0.124 e. The van der Waals surface area contributed by atoms with E-state index in [1.807, 2.05) is 44.2 Å². The molecule has 0 aliphatic carbocycles. The summed E-state index contributed by atoms with van der Waals surface area (Å²) in [5, 5.41) is 0. The largest absolute Gasteiger partial charge is 0.207 e. The molecule has 0 unspecified atom stereocenters. The number of hydrogen-bond donors (Lipinski definition) is 0. The van der Waals surface area contributed by atoms with Crippen molar-refractivity contribution in [3.63, 3.8) is 0 Å². The number of benzene rings is 2. The molecule has 15 heavy (non-hydrogen) atoms. The van der Waals surface area contributed by atoms with Gasteiger partial charge in [0.25, 0.3) is 0 Å². The molecule has 0 fully saturated rings. The minimum atomic E-state index is -0.175. The van der Waals surface area contributed by atoms with E-state index < -0.39 is 0 Å². The second-order valence-electron chi connectivity index (χ2n) is 3.88. The van der Waals surface area contributed by atoms with Gasteiger partial charge in [-0.15, -0.1) is 0 Å². The second kappa shape index (κ2) is 3.85. The molecule has 0 heterocycles. The van der Waals surface area contributed by atoms with Gasteiger partial charge in [0, 0.05) is 0 Å². The van der Waals surface area contributed by atoms with Crippen molar-refractivity contribution in [2.24, 2.45) is 0 Å². The zero-order valence-corrected chi connectivity index (χ0v) is 8.92. The lowest BCUT2D eigenvalue weighted by atomic mass is 10.0. The van der Waals surface area contributed by atoms with Gasteiger partial charge < -0.3 is 0 Å². The van der Waals surface area contributed by atoms with E-state index in [-0.39, 0.29) is 5.82 Å². The highest BCUT2D eigenvalue weighted by Gasteiger charge is 2.00. The lowest BCUT2D eigenvalue weighted by Crippen LogP contribution is -1.83. The molecule has 0 aromatic heterocycles. The first-order chi connectivity index (χ1) is 7.15. The van der Waals surface area contributed by atoms with Gasteiger partial charge in [0.15, 0.2) is 0 Å². The van der Waals surface area contributed by atoms with Crippen molar-refractivity contribution < 1.29 is 4.39 Å². The van der Waals surface area contributed by atoms with Gasteiger partial charge in [-0.05, 0) is 42.7 Å². The molecule has 0 saturated heterocycles. The van der Waals surface area contributed by atoms with Gasteiger partial charge in [0.05, 0.1) is 0 Å². The van der Waals surface area contributed by atoms with E-state index in [1.54, 1.807) is 6.07 Å². The number of rotatable bonds is 1. The summed E-state index contributed by atoms with van der Waals surface area (Å²) in [6.45, 7) is 3.95. The average Bonchev–Trinajstić information content (AvgIpc) is 2.17. The molecule has 2 rings (SSSR count). The highest BCUT2D eigenvalue weighted by molar-refractivity contribution is 5.64. The third kappa shape index (κ3) is 2.24. The summed E-state index contributed by atoms with van der Waals surface area (Å²) >= 11 is 0. The van der Waals surface area contributed by atoms with Gasteiger partial charge in [-0.2, -0.15) is 0 Å². The lowest BCUT2D eigenvalue weighted by molar-refractivity contribution is 0.627. The van der Waals surface area contributed by atoms with Gasteiger partial charge in [-0.25, -0.2) is 4.39 Å². The summed E-state index contributed by atoms with van der Waals surface area (Å²) in [4.78, 5) is 0. The molecule has 0 bridgehead atoms. The van der Waals surface area contributed by atoms with Crippen LogP contribution in [0.5, 0.6) is 0 Å². The Hall–Kier alpha value is -1.63. The summed E-state index contributed by atoms with van der Waals surface area (Å²) in [6.07, 6.45) is 0. The lowest BCUT2D eigenvalue weighted by Gasteiger charge is -2.04. The van der Waals surface area contributed by atoms with Crippen LogP contribution in [0, 0.1) is 19.7 Å². The highest BCUT2D eigenvalue weighted by atomic mass is 19.1. The van der Waals surface area contributed by atoms with Crippen LogP contribution in [-0.4, -0.2) is 0 Å². The van der Waals surface area contributed by atoms with Crippen molar-refractivity contribution in [1.82, 2.24) is 0 Å². The van der Waals surface area contributed by atoms with Crippen LogP contribution < -0.4 is 0 Å². The Morgan fingerprint density at radius 2 is 1.40 bits per heavy atom. The fourth-order valence-corrected chi connectivity index (χ4v) is 1.65. The third-order valence-electron chi connectivity index (χ3n) is 2.43. The van der Waals surface area contributed by atoms with Crippen LogP contribution in [0.25, 0.3) is 11.1 Å². The van der Waals surface area contributed by atoms with Crippen LogP contribution in [0.3, 0.4) is 0 Å². The monoisotopic (exact) mass is 200 g/mol. The normalized spacial score (nSPS) is 10.3. The molecule has 0 saturated carbocycles. The zero-order chi connectivity index (χ0) is 10.8. The predicted octanol–water partition coefficient (Wildman–Crippen LogP) is 4.11. The molecule has 1 heteroatoms. The van der Waals surface area contributed by atoms with Crippen LogP contribution >= 0.6 is 0 Å². The summed E-state index contributed by atoms with van der Waals surface area (Å²) in [6, 6.07) is 13.2. The van der Waals surface area contributed by atoms with Crippen molar-refractivity contribution in [1.29, 1.82) is 0 Å². The van der Waals surface area contributed by atoms with Crippen molar-refractivity contribution in [2.75, 3.05) is 0 Å². The number of hydrogen-bond acceptors (Lipinski definition) is 0. The van der Waals surface area contributed by atoms with Gasteiger partial charge in [-0.1, -0.05) is 35.9 Å². The molecule has 0 N–H and O–H groups in total. The minimum Gasteiger partial charge on any atom is -0.207 e. The maximum absolute atomic E-state index is 13.2. The Labute approximate surface area is 89.4 Å². The SMILES string of the molecule is Cc1ccc(-c2cc(C)cc(F)c2)cc1. The molecule has 0 spiro atoms. The Bertz CT molecular complexity index is 449. The predicted molar refractivity (Wildman–Crippen MR) is 61.3 cm³/mol. The fraction of sp³-hybridized carbons (Fsp3) is 0.143. The molecule has 76 valence electrons. The summed E-state index contributed by atoms with van der Waals surface area (Å²) in [5.74, 6) is -0.175. The van der Waals surface area contributed by atoms with E-state index in [0.717, 1.165) is 16.7 Å². The summed E-state index contributed by atoms with van der Waals surface area (Å²) < 4.78 is 13.2. The number of aryl methyl sites for hydroxylation is 2. The van der Waals surface area contributed by atoms with Crippen molar-refractivity contribution >= 4 is 0 Å². The van der Waals surface area contributed by atoms with E-state index in [4.69, 9.17) is 0 Å². The average molecular weight is 200 g/mol. The molecule has 0 aliphatic heterocycles. The quantitative estimate of drug-likeness (QED) is 0.649. The zero-order valence-electron chi connectivity index (χ0n) is 8.92. The molecular weight excluding hydrogens is 187 g/mol. The molecule has 0 amide bonds.